The number of para-hydroxylation sites is 1. The Labute approximate surface area is 187 Å². The van der Waals surface area contributed by atoms with E-state index >= 15 is 0 Å². The summed E-state index contributed by atoms with van der Waals surface area (Å²) in [5, 5.41) is 2.83. The van der Waals surface area contributed by atoms with E-state index in [1.165, 1.54) is 0 Å². The summed E-state index contributed by atoms with van der Waals surface area (Å²) in [6.45, 7) is 4.72. The molecule has 4 rings (SSSR count). The van der Waals surface area contributed by atoms with Crippen molar-refractivity contribution in [2.75, 3.05) is 44.8 Å². The molecule has 1 N–H and O–H groups in total. The third kappa shape index (κ3) is 4.37. The number of aliphatic imine (C=N–C) groups is 1. The topological polar surface area (TPSA) is 96.4 Å². The van der Waals surface area contributed by atoms with Crippen LogP contribution in [0.1, 0.15) is 18.5 Å². The minimum atomic E-state index is -1.08. The SMILES string of the molecule is CCOC(=O)C1C(=O)NC(N2CCN(c3ccccn3)CC2)=NC1c1ccccc1OC. The van der Waals surface area contributed by atoms with Crippen molar-refractivity contribution in [1.82, 2.24) is 15.2 Å². The van der Waals surface area contributed by atoms with Gasteiger partial charge in [-0.05, 0) is 25.1 Å². The number of rotatable bonds is 5. The lowest BCUT2D eigenvalue weighted by molar-refractivity contribution is -0.153. The molecule has 1 saturated heterocycles. The van der Waals surface area contributed by atoms with Gasteiger partial charge in [-0.1, -0.05) is 24.3 Å². The number of anilines is 1. The molecule has 32 heavy (non-hydrogen) atoms. The number of piperazine rings is 1. The van der Waals surface area contributed by atoms with Crippen LogP contribution >= 0.6 is 0 Å². The van der Waals surface area contributed by atoms with Crippen molar-refractivity contribution in [2.24, 2.45) is 10.9 Å². The molecule has 1 aromatic carbocycles. The van der Waals surface area contributed by atoms with Crippen LogP contribution in [0.3, 0.4) is 0 Å². The molecule has 0 bridgehead atoms. The monoisotopic (exact) mass is 437 g/mol. The minimum Gasteiger partial charge on any atom is -0.496 e. The van der Waals surface area contributed by atoms with Crippen LogP contribution in [0.2, 0.25) is 0 Å². The number of amides is 1. The first kappa shape index (κ1) is 21.6. The van der Waals surface area contributed by atoms with Crippen LogP contribution < -0.4 is 15.0 Å². The van der Waals surface area contributed by atoms with E-state index in [9.17, 15) is 9.59 Å². The van der Waals surface area contributed by atoms with E-state index < -0.39 is 23.8 Å². The first-order chi connectivity index (χ1) is 15.6. The Bertz CT molecular complexity index is 989. The van der Waals surface area contributed by atoms with Crippen LogP contribution in [0.5, 0.6) is 5.75 Å². The number of nitrogens with one attached hydrogen (secondary N) is 1. The standard InChI is InChI=1S/C23H27N5O4/c1-3-32-22(30)19-20(16-8-4-5-9-17(16)31-2)25-23(26-21(19)29)28-14-12-27(13-15-28)18-10-6-7-11-24-18/h4-11,19-20H,3,12-15H2,1-2H3,(H,25,26,29). The molecule has 2 aliphatic rings. The van der Waals surface area contributed by atoms with Crippen LogP contribution in [0.4, 0.5) is 5.82 Å². The van der Waals surface area contributed by atoms with Crippen LogP contribution in [0.15, 0.2) is 53.7 Å². The second-order valence-electron chi connectivity index (χ2n) is 7.52. The number of benzene rings is 1. The number of ether oxygens (including phenoxy) is 2. The lowest BCUT2D eigenvalue weighted by Crippen LogP contribution is -2.57. The summed E-state index contributed by atoms with van der Waals surface area (Å²) < 4.78 is 10.7. The maximum Gasteiger partial charge on any atom is 0.321 e. The number of hydrogen-bond donors (Lipinski definition) is 1. The molecule has 2 unspecified atom stereocenters. The first-order valence-corrected chi connectivity index (χ1v) is 10.7. The van der Waals surface area contributed by atoms with Crippen molar-refractivity contribution in [3.05, 3.63) is 54.2 Å². The highest BCUT2D eigenvalue weighted by Gasteiger charge is 2.43. The minimum absolute atomic E-state index is 0.188. The van der Waals surface area contributed by atoms with Crippen LogP contribution in [-0.2, 0) is 14.3 Å². The number of methoxy groups -OCH3 is 1. The molecule has 0 spiro atoms. The molecule has 2 aromatic rings. The lowest BCUT2D eigenvalue weighted by Gasteiger charge is -2.39. The van der Waals surface area contributed by atoms with Crippen molar-refractivity contribution in [2.45, 2.75) is 13.0 Å². The van der Waals surface area contributed by atoms with Gasteiger partial charge in [0.05, 0.1) is 13.7 Å². The fourth-order valence-electron chi connectivity index (χ4n) is 4.05. The van der Waals surface area contributed by atoms with Gasteiger partial charge < -0.3 is 19.3 Å². The highest BCUT2D eigenvalue weighted by atomic mass is 16.5. The second-order valence-corrected chi connectivity index (χ2v) is 7.52. The zero-order valence-corrected chi connectivity index (χ0v) is 18.2. The van der Waals surface area contributed by atoms with Gasteiger partial charge in [0, 0.05) is 37.9 Å². The highest BCUT2D eigenvalue weighted by Crippen LogP contribution is 2.36. The first-order valence-electron chi connectivity index (χ1n) is 10.7. The van der Waals surface area contributed by atoms with E-state index in [1.54, 1.807) is 26.3 Å². The molecule has 9 heteroatoms. The van der Waals surface area contributed by atoms with E-state index in [1.807, 2.05) is 41.3 Å². The Hall–Kier alpha value is -3.62. The molecule has 1 amide bonds. The molecule has 1 fully saturated rings. The van der Waals surface area contributed by atoms with Gasteiger partial charge in [-0.2, -0.15) is 0 Å². The average molecular weight is 438 g/mol. The Morgan fingerprint density at radius 2 is 1.81 bits per heavy atom. The van der Waals surface area contributed by atoms with Crippen molar-refractivity contribution in [1.29, 1.82) is 0 Å². The summed E-state index contributed by atoms with van der Waals surface area (Å²) >= 11 is 0. The summed E-state index contributed by atoms with van der Waals surface area (Å²) in [5.74, 6) is -0.127. The van der Waals surface area contributed by atoms with Gasteiger partial charge in [-0.3, -0.25) is 14.9 Å². The Kier molecular flexibility index (Phi) is 6.53. The summed E-state index contributed by atoms with van der Waals surface area (Å²) in [4.78, 5) is 39.2. The van der Waals surface area contributed by atoms with Crippen molar-refractivity contribution < 1.29 is 19.1 Å². The van der Waals surface area contributed by atoms with Gasteiger partial charge in [-0.15, -0.1) is 0 Å². The molecule has 168 valence electrons. The number of hydrogen-bond acceptors (Lipinski definition) is 8. The zero-order valence-electron chi connectivity index (χ0n) is 18.2. The predicted molar refractivity (Wildman–Crippen MR) is 119 cm³/mol. The van der Waals surface area contributed by atoms with Gasteiger partial charge >= 0.3 is 5.97 Å². The van der Waals surface area contributed by atoms with Crippen molar-refractivity contribution in [3.8, 4) is 5.75 Å². The Balaban J connectivity index is 1.60. The lowest BCUT2D eigenvalue weighted by atomic mass is 9.90. The average Bonchev–Trinajstić information content (AvgIpc) is 2.84. The van der Waals surface area contributed by atoms with Gasteiger partial charge in [0.1, 0.15) is 17.6 Å². The van der Waals surface area contributed by atoms with E-state index in [-0.39, 0.29) is 6.61 Å². The molecule has 9 nitrogen and oxygen atoms in total. The van der Waals surface area contributed by atoms with E-state index in [0.717, 1.165) is 18.9 Å². The molecule has 2 aliphatic heterocycles. The van der Waals surface area contributed by atoms with Gasteiger partial charge in [0.15, 0.2) is 5.92 Å². The molecule has 0 saturated carbocycles. The maximum atomic E-state index is 13.1. The number of pyridine rings is 1. The Morgan fingerprint density at radius 1 is 1.09 bits per heavy atom. The predicted octanol–water partition coefficient (Wildman–Crippen LogP) is 1.62. The normalized spacial score (nSPS) is 20.9. The number of aromatic nitrogens is 1. The van der Waals surface area contributed by atoms with Crippen molar-refractivity contribution >= 4 is 23.7 Å². The van der Waals surface area contributed by atoms with Crippen LogP contribution in [-0.4, -0.2) is 67.6 Å². The molecule has 0 aliphatic carbocycles. The number of carbonyl (C=O) groups excluding carboxylic acids is 2. The zero-order chi connectivity index (χ0) is 22.5. The molecule has 3 heterocycles. The number of esters is 1. The van der Waals surface area contributed by atoms with E-state index in [4.69, 9.17) is 14.5 Å². The maximum absolute atomic E-state index is 13.1. The fourth-order valence-corrected chi connectivity index (χ4v) is 4.05. The van der Waals surface area contributed by atoms with Gasteiger partial charge in [-0.25, -0.2) is 9.98 Å². The molecular formula is C23H27N5O4. The summed E-state index contributed by atoms with van der Waals surface area (Å²) in [5.41, 5.74) is 0.674. The fraction of sp³-hybridized carbons (Fsp3) is 0.391. The largest absolute Gasteiger partial charge is 0.496 e. The van der Waals surface area contributed by atoms with Crippen LogP contribution in [0.25, 0.3) is 0 Å². The number of carbonyl (C=O) groups is 2. The molecule has 0 radical (unpaired) electrons. The van der Waals surface area contributed by atoms with Gasteiger partial charge in [0.2, 0.25) is 11.9 Å². The molecule has 1 aromatic heterocycles. The third-order valence-corrected chi connectivity index (χ3v) is 5.65. The third-order valence-electron chi connectivity index (χ3n) is 5.65. The Morgan fingerprint density at radius 3 is 2.50 bits per heavy atom. The van der Waals surface area contributed by atoms with E-state index in [0.29, 0.717) is 30.4 Å². The smallest absolute Gasteiger partial charge is 0.321 e. The van der Waals surface area contributed by atoms with E-state index in [2.05, 4.69) is 15.2 Å². The molecule has 2 atom stereocenters. The number of guanidine groups is 1. The molecular weight excluding hydrogens is 410 g/mol. The highest BCUT2D eigenvalue weighted by molar-refractivity contribution is 6.08. The van der Waals surface area contributed by atoms with Gasteiger partial charge in [0.25, 0.3) is 0 Å². The summed E-state index contributed by atoms with van der Waals surface area (Å²) in [6, 6.07) is 12.4. The summed E-state index contributed by atoms with van der Waals surface area (Å²) in [7, 11) is 1.56. The quantitative estimate of drug-likeness (QED) is 0.561. The summed E-state index contributed by atoms with van der Waals surface area (Å²) in [6.07, 6.45) is 1.78. The van der Waals surface area contributed by atoms with Crippen LogP contribution in [0, 0.1) is 5.92 Å². The van der Waals surface area contributed by atoms with Crippen molar-refractivity contribution in [3.63, 3.8) is 0 Å². The number of nitrogens with zero attached hydrogens (tertiary/aromatic N) is 4. The second kappa shape index (κ2) is 9.67.